The Morgan fingerprint density at radius 3 is 2.71 bits per heavy atom. The van der Waals surface area contributed by atoms with Crippen molar-refractivity contribution in [2.75, 3.05) is 5.32 Å². The van der Waals surface area contributed by atoms with Gasteiger partial charge in [-0.1, -0.05) is 18.3 Å². The van der Waals surface area contributed by atoms with Gasteiger partial charge >= 0.3 is 6.18 Å². The Balaban J connectivity index is 1.79. The maximum Gasteiger partial charge on any atom is 0.435 e. The predicted octanol–water partition coefficient (Wildman–Crippen LogP) is 2.83. The second-order valence-corrected chi connectivity index (χ2v) is 6.60. The van der Waals surface area contributed by atoms with E-state index >= 15 is 0 Å². The molecule has 130 valence electrons. The Labute approximate surface area is 140 Å². The summed E-state index contributed by atoms with van der Waals surface area (Å²) in [5.74, 6) is -0.460. The van der Waals surface area contributed by atoms with E-state index in [0.29, 0.717) is 36.5 Å². The second kappa shape index (κ2) is 6.50. The van der Waals surface area contributed by atoms with Crippen LogP contribution >= 0.6 is 11.3 Å². The number of rotatable bonds is 4. The third-order valence-electron chi connectivity index (χ3n) is 3.83. The van der Waals surface area contributed by atoms with E-state index in [1.165, 1.54) is 16.0 Å². The Kier molecular flexibility index (Phi) is 4.57. The van der Waals surface area contributed by atoms with E-state index in [0.717, 1.165) is 11.4 Å². The zero-order valence-corrected chi connectivity index (χ0v) is 13.8. The van der Waals surface area contributed by atoms with Crippen LogP contribution in [0.1, 0.15) is 41.7 Å². The molecule has 2 heterocycles. The van der Waals surface area contributed by atoms with E-state index in [2.05, 4.69) is 20.6 Å². The van der Waals surface area contributed by atoms with E-state index in [9.17, 15) is 18.0 Å². The molecule has 10 heteroatoms. The molecule has 0 bridgehead atoms. The smallest absolute Gasteiger partial charge is 0.299 e. The summed E-state index contributed by atoms with van der Waals surface area (Å²) < 4.78 is 40.5. The second-order valence-electron chi connectivity index (χ2n) is 5.54. The number of alkyl halides is 3. The number of anilines is 1. The number of aromatic nitrogens is 4. The minimum atomic E-state index is -4.50. The topological polar surface area (TPSA) is 72.7 Å². The first-order valence-corrected chi connectivity index (χ1v) is 8.48. The minimum absolute atomic E-state index is 0.228. The summed E-state index contributed by atoms with van der Waals surface area (Å²) >= 11 is 1.25. The SMILES string of the molecule is CCc1nnc(NC(=O)Cn2nc(C(F)(F)F)c3c2CCCC3)s1. The van der Waals surface area contributed by atoms with Crippen molar-refractivity contribution in [3.8, 4) is 0 Å². The molecule has 2 aromatic rings. The molecule has 0 aromatic carbocycles. The molecule has 0 saturated carbocycles. The molecule has 0 spiro atoms. The molecule has 24 heavy (non-hydrogen) atoms. The molecule has 1 aliphatic carbocycles. The van der Waals surface area contributed by atoms with Gasteiger partial charge in [-0.05, 0) is 32.1 Å². The number of carbonyl (C=O) groups excluding carboxylic acids is 1. The third-order valence-corrected chi connectivity index (χ3v) is 4.82. The van der Waals surface area contributed by atoms with Crippen LogP contribution in [0, 0.1) is 0 Å². The van der Waals surface area contributed by atoms with E-state index in [1.54, 1.807) is 0 Å². The normalized spacial score (nSPS) is 14.5. The van der Waals surface area contributed by atoms with Crippen molar-refractivity contribution >= 4 is 22.4 Å². The highest BCUT2D eigenvalue weighted by atomic mass is 32.1. The number of carbonyl (C=O) groups is 1. The predicted molar refractivity (Wildman–Crippen MR) is 81.8 cm³/mol. The van der Waals surface area contributed by atoms with Gasteiger partial charge in [0.25, 0.3) is 0 Å². The highest BCUT2D eigenvalue weighted by molar-refractivity contribution is 7.15. The van der Waals surface area contributed by atoms with Gasteiger partial charge in [0.2, 0.25) is 11.0 Å². The Bertz CT molecular complexity index is 752. The lowest BCUT2D eigenvalue weighted by Crippen LogP contribution is -2.21. The van der Waals surface area contributed by atoms with Crippen molar-refractivity contribution in [1.29, 1.82) is 0 Å². The Morgan fingerprint density at radius 2 is 2.04 bits per heavy atom. The molecular formula is C14H16F3N5OS. The summed E-state index contributed by atoms with van der Waals surface area (Å²) in [6.07, 6.45) is -1.44. The van der Waals surface area contributed by atoms with E-state index in [1.807, 2.05) is 6.92 Å². The molecule has 0 saturated heterocycles. The van der Waals surface area contributed by atoms with Gasteiger partial charge in [-0.3, -0.25) is 14.8 Å². The number of aryl methyl sites for hydroxylation is 1. The van der Waals surface area contributed by atoms with Gasteiger partial charge in [0, 0.05) is 11.3 Å². The van der Waals surface area contributed by atoms with Crippen LogP contribution in [0.3, 0.4) is 0 Å². The monoisotopic (exact) mass is 359 g/mol. The zero-order chi connectivity index (χ0) is 17.3. The van der Waals surface area contributed by atoms with Crippen molar-refractivity contribution in [3.63, 3.8) is 0 Å². The first-order valence-electron chi connectivity index (χ1n) is 7.66. The number of nitrogens with one attached hydrogen (secondary N) is 1. The lowest BCUT2D eigenvalue weighted by atomic mass is 9.95. The van der Waals surface area contributed by atoms with Crippen molar-refractivity contribution in [2.24, 2.45) is 0 Å². The molecule has 6 nitrogen and oxygen atoms in total. The molecule has 0 fully saturated rings. The van der Waals surface area contributed by atoms with Crippen LogP contribution in [0.5, 0.6) is 0 Å². The summed E-state index contributed by atoms with van der Waals surface area (Å²) in [7, 11) is 0. The van der Waals surface area contributed by atoms with Gasteiger partial charge in [0.05, 0.1) is 0 Å². The molecule has 1 amide bonds. The average molecular weight is 359 g/mol. The van der Waals surface area contributed by atoms with Crippen molar-refractivity contribution < 1.29 is 18.0 Å². The van der Waals surface area contributed by atoms with Gasteiger partial charge in [0.15, 0.2) is 5.69 Å². The van der Waals surface area contributed by atoms with Crippen LogP contribution in [-0.4, -0.2) is 25.9 Å². The molecule has 1 aliphatic rings. The van der Waals surface area contributed by atoms with E-state index in [-0.39, 0.29) is 12.1 Å². The first-order chi connectivity index (χ1) is 11.4. The van der Waals surface area contributed by atoms with Crippen LogP contribution in [0.15, 0.2) is 0 Å². The summed E-state index contributed by atoms with van der Waals surface area (Å²) in [5.41, 5.74) is -0.129. The first kappa shape index (κ1) is 16.9. The molecule has 2 aromatic heterocycles. The number of hydrogen-bond acceptors (Lipinski definition) is 5. The van der Waals surface area contributed by atoms with Crippen LogP contribution in [0.25, 0.3) is 0 Å². The lowest BCUT2D eigenvalue weighted by Gasteiger charge is -2.14. The van der Waals surface area contributed by atoms with Crippen LogP contribution in [0.2, 0.25) is 0 Å². The fraction of sp³-hybridized carbons (Fsp3) is 0.571. The van der Waals surface area contributed by atoms with Crippen LogP contribution in [-0.2, 0) is 36.8 Å². The van der Waals surface area contributed by atoms with Crippen molar-refractivity contribution in [2.45, 2.75) is 51.7 Å². The summed E-state index contributed by atoms with van der Waals surface area (Å²) in [6.45, 7) is 1.65. The maximum atomic E-state index is 13.1. The third kappa shape index (κ3) is 3.42. The summed E-state index contributed by atoms with van der Waals surface area (Å²) in [6, 6.07) is 0. The Hall–Kier alpha value is -1.97. The summed E-state index contributed by atoms with van der Waals surface area (Å²) in [5, 5.41) is 15.1. The van der Waals surface area contributed by atoms with Crippen LogP contribution < -0.4 is 5.32 Å². The minimum Gasteiger partial charge on any atom is -0.299 e. The molecule has 0 atom stereocenters. The van der Waals surface area contributed by atoms with Gasteiger partial charge < -0.3 is 0 Å². The molecule has 0 unspecified atom stereocenters. The fourth-order valence-corrected chi connectivity index (χ4v) is 3.47. The number of amides is 1. The largest absolute Gasteiger partial charge is 0.435 e. The van der Waals surface area contributed by atoms with E-state index < -0.39 is 17.8 Å². The highest BCUT2D eigenvalue weighted by Crippen LogP contribution is 2.35. The molecular weight excluding hydrogens is 343 g/mol. The van der Waals surface area contributed by atoms with Gasteiger partial charge in [-0.2, -0.15) is 18.3 Å². The Morgan fingerprint density at radius 1 is 1.29 bits per heavy atom. The fourth-order valence-electron chi connectivity index (χ4n) is 2.77. The van der Waals surface area contributed by atoms with Crippen molar-refractivity contribution in [3.05, 3.63) is 22.0 Å². The highest BCUT2D eigenvalue weighted by Gasteiger charge is 2.39. The van der Waals surface area contributed by atoms with Crippen molar-refractivity contribution in [1.82, 2.24) is 20.0 Å². The number of fused-ring (bicyclic) bond motifs is 1. The van der Waals surface area contributed by atoms with Gasteiger partial charge in [-0.25, -0.2) is 0 Å². The average Bonchev–Trinajstić information content (AvgIpc) is 3.12. The van der Waals surface area contributed by atoms with Gasteiger partial charge in [-0.15, -0.1) is 10.2 Å². The number of hydrogen-bond donors (Lipinski definition) is 1. The molecule has 1 N–H and O–H groups in total. The standard InChI is InChI=1S/C14H16F3N5OS/c1-2-11-19-20-13(24-11)18-10(23)7-22-9-6-4-3-5-8(9)12(21-22)14(15,16)17/h2-7H2,1H3,(H,18,20,23). The molecule has 3 rings (SSSR count). The molecule has 0 radical (unpaired) electrons. The number of nitrogens with zero attached hydrogens (tertiary/aromatic N) is 4. The number of halogens is 3. The van der Waals surface area contributed by atoms with Crippen LogP contribution in [0.4, 0.5) is 18.3 Å². The lowest BCUT2D eigenvalue weighted by molar-refractivity contribution is -0.142. The maximum absolute atomic E-state index is 13.1. The van der Waals surface area contributed by atoms with E-state index in [4.69, 9.17) is 0 Å². The quantitative estimate of drug-likeness (QED) is 0.911. The zero-order valence-electron chi connectivity index (χ0n) is 13.0. The van der Waals surface area contributed by atoms with Gasteiger partial charge in [0.1, 0.15) is 11.6 Å². The summed E-state index contributed by atoms with van der Waals surface area (Å²) in [4.78, 5) is 12.1. The molecule has 0 aliphatic heterocycles.